The van der Waals surface area contributed by atoms with Crippen molar-refractivity contribution in [3.05, 3.63) is 29.2 Å². The van der Waals surface area contributed by atoms with Gasteiger partial charge in [-0.1, -0.05) is 13.8 Å². The average Bonchev–Trinajstić information content (AvgIpc) is 2.51. The van der Waals surface area contributed by atoms with Crippen LogP contribution in [0.1, 0.15) is 57.3 Å². The Labute approximate surface area is 168 Å². The minimum atomic E-state index is 0. The maximum atomic E-state index is 4.43. The Morgan fingerprint density at radius 1 is 0.960 bits per heavy atom. The summed E-state index contributed by atoms with van der Waals surface area (Å²) in [6.07, 6.45) is 8.50. The molecule has 0 amide bonds. The zero-order valence-corrected chi connectivity index (χ0v) is 18.0. The first-order valence-corrected chi connectivity index (χ1v) is 9.07. The molecule has 138 valence electrons. The third-order valence-electron chi connectivity index (χ3n) is 4.75. The molecule has 0 spiro atoms. The molecule has 0 radical (unpaired) electrons. The molecule has 2 N–H and O–H groups in total. The summed E-state index contributed by atoms with van der Waals surface area (Å²) in [4.78, 5) is 8.87. The van der Waals surface area contributed by atoms with E-state index in [1.165, 1.54) is 43.8 Å². The molecule has 5 nitrogen and oxygen atoms in total. The van der Waals surface area contributed by atoms with Gasteiger partial charge in [-0.25, -0.2) is 14.5 Å². The van der Waals surface area contributed by atoms with E-state index in [0.29, 0.717) is 5.95 Å². The molecule has 1 aromatic rings. The summed E-state index contributed by atoms with van der Waals surface area (Å²) in [5.74, 6) is 0.635. The fourth-order valence-electron chi connectivity index (χ4n) is 3.75. The van der Waals surface area contributed by atoms with Crippen molar-refractivity contribution in [1.29, 1.82) is 0 Å². The number of anilines is 1. The molecule has 1 aliphatic heterocycles. The second-order valence-corrected chi connectivity index (χ2v) is 7.95. The number of rotatable bonds is 3. The minimum Gasteiger partial charge on any atom is -1.00 e. The third-order valence-corrected chi connectivity index (χ3v) is 4.75. The molecule has 0 saturated carbocycles. The van der Waals surface area contributed by atoms with Crippen molar-refractivity contribution in [3.63, 3.8) is 0 Å². The molecule has 0 unspecified atom stereocenters. The lowest BCUT2D eigenvalue weighted by Crippen LogP contribution is -3.00. The molecule has 3 rings (SSSR count). The van der Waals surface area contributed by atoms with Crippen molar-refractivity contribution in [2.75, 3.05) is 18.5 Å². The molecule has 2 aliphatic rings. The van der Waals surface area contributed by atoms with Gasteiger partial charge in [-0.15, -0.1) is 0 Å². The standard InChI is InChI=1S/C19H29N5.HI/c1-14-10-15(2)21-18(20-14)23-22-16-11-17(13-19(3,4)12-16)24-8-6-5-7-9-24;/h10-11H,5-9,12-13H2,1-4H3,(H,20,21,23);1H. The van der Waals surface area contributed by atoms with Gasteiger partial charge < -0.3 is 29.4 Å². The van der Waals surface area contributed by atoms with Crippen LogP contribution < -0.4 is 34.8 Å². The topological polar surface area (TPSA) is 52.9 Å². The fraction of sp³-hybridized carbons (Fsp3) is 0.632. The quantitative estimate of drug-likeness (QED) is 0.393. The van der Waals surface area contributed by atoms with Gasteiger partial charge in [0.15, 0.2) is 5.71 Å². The number of hydrogen-bond acceptors (Lipinski definition) is 4. The van der Waals surface area contributed by atoms with Crippen molar-refractivity contribution < 1.29 is 28.6 Å². The largest absolute Gasteiger partial charge is 1.00 e. The van der Waals surface area contributed by atoms with E-state index in [2.05, 4.69) is 45.3 Å². The number of allylic oxidation sites excluding steroid dienone is 2. The Bertz CT molecular complexity index is 650. The summed E-state index contributed by atoms with van der Waals surface area (Å²) in [6, 6.07) is 1.98. The number of hydrogen-bond donors (Lipinski definition) is 2. The lowest BCUT2D eigenvalue weighted by atomic mass is 9.78. The van der Waals surface area contributed by atoms with Gasteiger partial charge in [-0.05, 0) is 38.2 Å². The minimum absolute atomic E-state index is 0. The molecule has 0 bridgehead atoms. The van der Waals surface area contributed by atoms with Gasteiger partial charge >= 0.3 is 0 Å². The molecular formula is C19H30IN5. The highest BCUT2D eigenvalue weighted by molar-refractivity contribution is 5.92. The first kappa shape index (κ1) is 20.1. The van der Waals surface area contributed by atoms with Crippen molar-refractivity contribution in [3.8, 4) is 0 Å². The SMILES string of the molecule is Cc1cc(C)nc(NNC2=CC(=[N+]3CCCCC3)CC(C)(C)C2)n1.[I-]. The number of piperidine rings is 1. The van der Waals surface area contributed by atoms with Crippen molar-refractivity contribution in [1.82, 2.24) is 15.4 Å². The average molecular weight is 455 g/mol. The molecule has 2 heterocycles. The van der Waals surface area contributed by atoms with E-state index >= 15 is 0 Å². The van der Waals surface area contributed by atoms with E-state index in [1.54, 1.807) is 0 Å². The first-order chi connectivity index (χ1) is 11.4. The van der Waals surface area contributed by atoms with Crippen LogP contribution in [0, 0.1) is 19.3 Å². The van der Waals surface area contributed by atoms with Crippen molar-refractivity contribution >= 4 is 11.7 Å². The van der Waals surface area contributed by atoms with E-state index in [0.717, 1.165) is 24.2 Å². The second-order valence-electron chi connectivity index (χ2n) is 7.95. The summed E-state index contributed by atoms with van der Waals surface area (Å²) in [5.41, 5.74) is 11.5. The van der Waals surface area contributed by atoms with E-state index in [-0.39, 0.29) is 29.4 Å². The Morgan fingerprint density at radius 2 is 1.60 bits per heavy atom. The Kier molecular flexibility index (Phi) is 6.82. The number of aryl methyl sites for hydroxylation is 2. The lowest BCUT2D eigenvalue weighted by Gasteiger charge is -2.30. The molecule has 1 fully saturated rings. The van der Waals surface area contributed by atoms with Gasteiger partial charge in [0, 0.05) is 42.4 Å². The molecule has 25 heavy (non-hydrogen) atoms. The van der Waals surface area contributed by atoms with Crippen LogP contribution in [-0.4, -0.2) is 33.3 Å². The van der Waals surface area contributed by atoms with Gasteiger partial charge in [-0.3, -0.25) is 5.43 Å². The van der Waals surface area contributed by atoms with Gasteiger partial charge in [0.2, 0.25) is 5.95 Å². The van der Waals surface area contributed by atoms with Crippen molar-refractivity contribution in [2.45, 2.75) is 59.8 Å². The predicted molar refractivity (Wildman–Crippen MR) is 98.2 cm³/mol. The zero-order chi connectivity index (χ0) is 17.2. The fourth-order valence-corrected chi connectivity index (χ4v) is 3.75. The molecule has 1 aliphatic carbocycles. The first-order valence-electron chi connectivity index (χ1n) is 9.07. The summed E-state index contributed by atoms with van der Waals surface area (Å²) >= 11 is 0. The maximum Gasteiger partial charge on any atom is 0.242 e. The molecular weight excluding hydrogens is 425 g/mol. The van der Waals surface area contributed by atoms with Gasteiger partial charge in [0.05, 0.1) is 0 Å². The van der Waals surface area contributed by atoms with Gasteiger partial charge in [-0.2, -0.15) is 0 Å². The normalized spacial score (nSPS) is 19.8. The van der Waals surface area contributed by atoms with Crippen LogP contribution in [0.15, 0.2) is 17.8 Å². The third kappa shape index (κ3) is 5.66. The van der Waals surface area contributed by atoms with E-state index in [4.69, 9.17) is 0 Å². The number of halogens is 1. The van der Waals surface area contributed by atoms with Crippen LogP contribution in [-0.2, 0) is 0 Å². The second kappa shape index (κ2) is 8.47. The molecule has 1 saturated heterocycles. The summed E-state index contributed by atoms with van der Waals surface area (Å²) in [6.45, 7) is 11.1. The molecule has 0 aromatic carbocycles. The number of nitrogens with one attached hydrogen (secondary N) is 2. The van der Waals surface area contributed by atoms with Crippen molar-refractivity contribution in [2.24, 2.45) is 5.41 Å². The summed E-state index contributed by atoms with van der Waals surface area (Å²) in [5, 5.41) is 0. The van der Waals surface area contributed by atoms with E-state index in [1.807, 2.05) is 19.9 Å². The number of nitrogens with zero attached hydrogens (tertiary/aromatic N) is 3. The van der Waals surface area contributed by atoms with Crippen LogP contribution in [0.2, 0.25) is 0 Å². The van der Waals surface area contributed by atoms with Gasteiger partial charge in [0.1, 0.15) is 13.1 Å². The van der Waals surface area contributed by atoms with Gasteiger partial charge in [0.25, 0.3) is 0 Å². The number of aromatic nitrogens is 2. The smallest absolute Gasteiger partial charge is 0.242 e. The Balaban J connectivity index is 0.00000225. The predicted octanol–water partition coefficient (Wildman–Crippen LogP) is 0.355. The van der Waals surface area contributed by atoms with Crippen LogP contribution in [0.5, 0.6) is 0 Å². The monoisotopic (exact) mass is 455 g/mol. The highest BCUT2D eigenvalue weighted by Crippen LogP contribution is 2.33. The Morgan fingerprint density at radius 3 is 2.24 bits per heavy atom. The lowest BCUT2D eigenvalue weighted by molar-refractivity contribution is -0.538. The molecule has 6 heteroatoms. The van der Waals surface area contributed by atoms with E-state index in [9.17, 15) is 0 Å². The van der Waals surface area contributed by atoms with E-state index < -0.39 is 0 Å². The van der Waals surface area contributed by atoms with Crippen LogP contribution in [0.25, 0.3) is 0 Å². The molecule has 0 atom stereocenters. The summed E-state index contributed by atoms with van der Waals surface area (Å²) < 4.78 is 2.57. The highest BCUT2D eigenvalue weighted by atomic mass is 127. The zero-order valence-electron chi connectivity index (χ0n) is 15.8. The van der Waals surface area contributed by atoms with Crippen LogP contribution in [0.3, 0.4) is 0 Å². The molecule has 1 aromatic heterocycles. The van der Waals surface area contributed by atoms with Crippen LogP contribution >= 0.6 is 0 Å². The van der Waals surface area contributed by atoms with Crippen LogP contribution in [0.4, 0.5) is 5.95 Å². The summed E-state index contributed by atoms with van der Waals surface area (Å²) in [7, 11) is 0. The Hall–Kier alpha value is -1.18. The maximum absolute atomic E-state index is 4.43. The number of hydrazine groups is 1. The highest BCUT2D eigenvalue weighted by Gasteiger charge is 2.31.